The summed E-state index contributed by atoms with van der Waals surface area (Å²) in [6.45, 7) is 10.8. The van der Waals surface area contributed by atoms with Crippen molar-refractivity contribution in [3.63, 3.8) is 0 Å². The summed E-state index contributed by atoms with van der Waals surface area (Å²) in [7, 11) is 0. The Morgan fingerprint density at radius 1 is 1.00 bits per heavy atom. The SMILES string of the molecule is CCCNC(CCCOCC)COCCC. The van der Waals surface area contributed by atoms with E-state index in [1.54, 1.807) is 0 Å². The van der Waals surface area contributed by atoms with E-state index in [4.69, 9.17) is 9.47 Å². The molecule has 0 aromatic carbocycles. The van der Waals surface area contributed by atoms with Gasteiger partial charge in [-0.3, -0.25) is 0 Å². The zero-order chi connectivity index (χ0) is 12.1. The van der Waals surface area contributed by atoms with E-state index in [0.717, 1.165) is 52.2 Å². The highest BCUT2D eigenvalue weighted by Gasteiger charge is 2.07. The van der Waals surface area contributed by atoms with E-state index < -0.39 is 0 Å². The third-order valence-electron chi connectivity index (χ3n) is 2.40. The van der Waals surface area contributed by atoms with Crippen molar-refractivity contribution in [2.75, 3.05) is 33.0 Å². The van der Waals surface area contributed by atoms with Crippen molar-refractivity contribution in [3.8, 4) is 0 Å². The minimum atomic E-state index is 0.493. The third-order valence-corrected chi connectivity index (χ3v) is 2.40. The molecule has 16 heavy (non-hydrogen) atoms. The molecule has 0 amide bonds. The summed E-state index contributed by atoms with van der Waals surface area (Å²) in [6.07, 6.45) is 4.53. The van der Waals surface area contributed by atoms with Gasteiger partial charge in [0.2, 0.25) is 0 Å². The van der Waals surface area contributed by atoms with Crippen LogP contribution in [0.3, 0.4) is 0 Å². The van der Waals surface area contributed by atoms with Gasteiger partial charge < -0.3 is 14.8 Å². The highest BCUT2D eigenvalue weighted by Crippen LogP contribution is 2.00. The first-order valence-electron chi connectivity index (χ1n) is 6.73. The zero-order valence-electron chi connectivity index (χ0n) is 11.3. The lowest BCUT2D eigenvalue weighted by Crippen LogP contribution is -2.34. The van der Waals surface area contributed by atoms with Crippen molar-refractivity contribution in [1.29, 1.82) is 0 Å². The van der Waals surface area contributed by atoms with Crippen LogP contribution in [0.1, 0.15) is 46.5 Å². The van der Waals surface area contributed by atoms with Gasteiger partial charge in [-0.25, -0.2) is 0 Å². The Balaban J connectivity index is 3.54. The maximum absolute atomic E-state index is 5.60. The molecule has 98 valence electrons. The monoisotopic (exact) mass is 231 g/mol. The molecule has 0 radical (unpaired) electrons. The molecule has 3 nitrogen and oxygen atoms in total. The van der Waals surface area contributed by atoms with Gasteiger partial charge in [-0.05, 0) is 39.2 Å². The lowest BCUT2D eigenvalue weighted by molar-refractivity contribution is 0.0997. The fraction of sp³-hybridized carbons (Fsp3) is 1.00. The Labute approximate surface area is 101 Å². The minimum Gasteiger partial charge on any atom is -0.382 e. The minimum absolute atomic E-state index is 0.493. The Hall–Kier alpha value is -0.120. The van der Waals surface area contributed by atoms with Crippen LogP contribution in [0.5, 0.6) is 0 Å². The second-order valence-electron chi connectivity index (χ2n) is 4.07. The summed E-state index contributed by atoms with van der Waals surface area (Å²) in [5.41, 5.74) is 0. The number of ether oxygens (including phenoxy) is 2. The second-order valence-corrected chi connectivity index (χ2v) is 4.07. The number of nitrogens with one attached hydrogen (secondary N) is 1. The lowest BCUT2D eigenvalue weighted by Gasteiger charge is -2.18. The van der Waals surface area contributed by atoms with Gasteiger partial charge in [0.1, 0.15) is 0 Å². The van der Waals surface area contributed by atoms with Crippen LogP contribution in [0.2, 0.25) is 0 Å². The first kappa shape index (κ1) is 15.9. The first-order chi connectivity index (χ1) is 7.85. The molecule has 0 heterocycles. The Morgan fingerprint density at radius 3 is 2.44 bits per heavy atom. The van der Waals surface area contributed by atoms with Crippen molar-refractivity contribution < 1.29 is 9.47 Å². The van der Waals surface area contributed by atoms with Crippen LogP contribution >= 0.6 is 0 Å². The normalized spacial score (nSPS) is 12.9. The predicted octanol–water partition coefficient (Wildman–Crippen LogP) is 2.60. The van der Waals surface area contributed by atoms with Crippen molar-refractivity contribution in [2.24, 2.45) is 0 Å². The summed E-state index contributed by atoms with van der Waals surface area (Å²) in [5, 5.41) is 3.52. The van der Waals surface area contributed by atoms with Crippen LogP contribution in [0, 0.1) is 0 Å². The van der Waals surface area contributed by atoms with Crippen LogP contribution in [0.4, 0.5) is 0 Å². The largest absolute Gasteiger partial charge is 0.382 e. The van der Waals surface area contributed by atoms with Gasteiger partial charge in [-0.15, -0.1) is 0 Å². The summed E-state index contributed by atoms with van der Waals surface area (Å²) < 4.78 is 10.9. The van der Waals surface area contributed by atoms with Crippen LogP contribution in [0.15, 0.2) is 0 Å². The number of rotatable bonds is 12. The average Bonchev–Trinajstić information content (AvgIpc) is 2.31. The standard InChI is InChI=1S/C13H29NO2/c1-4-9-14-13(12-16-10-5-2)8-7-11-15-6-3/h13-14H,4-12H2,1-3H3. The molecule has 0 saturated carbocycles. The maximum atomic E-state index is 5.60. The fourth-order valence-corrected chi connectivity index (χ4v) is 1.54. The molecule has 0 aliphatic heterocycles. The van der Waals surface area contributed by atoms with E-state index in [9.17, 15) is 0 Å². The molecule has 0 aliphatic rings. The molecule has 0 spiro atoms. The molecule has 1 N–H and O–H groups in total. The van der Waals surface area contributed by atoms with Crippen LogP contribution in [-0.2, 0) is 9.47 Å². The van der Waals surface area contributed by atoms with Crippen molar-refractivity contribution in [3.05, 3.63) is 0 Å². The topological polar surface area (TPSA) is 30.5 Å². The summed E-state index contributed by atoms with van der Waals surface area (Å²) in [5.74, 6) is 0. The predicted molar refractivity (Wildman–Crippen MR) is 68.9 cm³/mol. The summed E-state index contributed by atoms with van der Waals surface area (Å²) >= 11 is 0. The molecular weight excluding hydrogens is 202 g/mol. The average molecular weight is 231 g/mol. The second kappa shape index (κ2) is 12.9. The third kappa shape index (κ3) is 10.4. The van der Waals surface area contributed by atoms with E-state index in [1.807, 2.05) is 6.92 Å². The molecule has 0 fully saturated rings. The molecule has 1 unspecified atom stereocenters. The highest BCUT2D eigenvalue weighted by atomic mass is 16.5. The molecule has 0 aromatic rings. The van der Waals surface area contributed by atoms with Gasteiger partial charge >= 0.3 is 0 Å². The van der Waals surface area contributed by atoms with Gasteiger partial charge in [0.15, 0.2) is 0 Å². The van der Waals surface area contributed by atoms with Gasteiger partial charge in [-0.1, -0.05) is 13.8 Å². The molecule has 0 rings (SSSR count). The molecule has 0 saturated heterocycles. The van der Waals surface area contributed by atoms with Crippen molar-refractivity contribution in [2.45, 2.75) is 52.5 Å². The van der Waals surface area contributed by atoms with E-state index in [0.29, 0.717) is 6.04 Å². The Bertz CT molecular complexity index is 131. The zero-order valence-corrected chi connectivity index (χ0v) is 11.3. The molecule has 0 bridgehead atoms. The number of hydrogen-bond acceptors (Lipinski definition) is 3. The smallest absolute Gasteiger partial charge is 0.0619 e. The van der Waals surface area contributed by atoms with Crippen LogP contribution < -0.4 is 5.32 Å². The molecule has 3 heteroatoms. The quantitative estimate of drug-likeness (QED) is 0.524. The van der Waals surface area contributed by atoms with Crippen LogP contribution in [0.25, 0.3) is 0 Å². The van der Waals surface area contributed by atoms with E-state index in [-0.39, 0.29) is 0 Å². The number of hydrogen-bond donors (Lipinski definition) is 1. The lowest BCUT2D eigenvalue weighted by atomic mass is 10.1. The Morgan fingerprint density at radius 2 is 1.81 bits per heavy atom. The van der Waals surface area contributed by atoms with Gasteiger partial charge in [-0.2, -0.15) is 0 Å². The van der Waals surface area contributed by atoms with Crippen molar-refractivity contribution in [1.82, 2.24) is 5.32 Å². The Kier molecular flexibility index (Phi) is 12.9. The van der Waals surface area contributed by atoms with Gasteiger partial charge in [0.25, 0.3) is 0 Å². The van der Waals surface area contributed by atoms with E-state index in [1.165, 1.54) is 6.42 Å². The first-order valence-corrected chi connectivity index (χ1v) is 6.73. The van der Waals surface area contributed by atoms with Crippen LogP contribution in [-0.4, -0.2) is 39.0 Å². The molecular formula is C13H29NO2. The maximum Gasteiger partial charge on any atom is 0.0619 e. The highest BCUT2D eigenvalue weighted by molar-refractivity contribution is 4.65. The molecule has 0 aromatic heterocycles. The summed E-state index contributed by atoms with van der Waals surface area (Å²) in [6, 6.07) is 0.493. The van der Waals surface area contributed by atoms with Gasteiger partial charge in [0.05, 0.1) is 6.61 Å². The van der Waals surface area contributed by atoms with E-state index >= 15 is 0 Å². The molecule has 0 aliphatic carbocycles. The molecule has 1 atom stereocenters. The van der Waals surface area contributed by atoms with E-state index in [2.05, 4.69) is 19.2 Å². The van der Waals surface area contributed by atoms with Crippen molar-refractivity contribution >= 4 is 0 Å². The summed E-state index contributed by atoms with van der Waals surface area (Å²) in [4.78, 5) is 0. The fourth-order valence-electron chi connectivity index (χ4n) is 1.54. The van der Waals surface area contributed by atoms with Gasteiger partial charge in [0, 0.05) is 25.9 Å².